The zero-order valence-corrected chi connectivity index (χ0v) is 7.81. The van der Waals surface area contributed by atoms with Crippen LogP contribution in [0.3, 0.4) is 0 Å². The van der Waals surface area contributed by atoms with Gasteiger partial charge in [0.2, 0.25) is 0 Å². The van der Waals surface area contributed by atoms with Crippen LogP contribution in [0.25, 0.3) is 0 Å². The maximum atomic E-state index is 10.6. The average molecular weight is 192 g/mol. The Bertz CT molecular complexity index is 339. The molecule has 0 aliphatic heterocycles. The molecule has 0 aromatic carbocycles. The van der Waals surface area contributed by atoms with Gasteiger partial charge in [0.15, 0.2) is 5.69 Å². The van der Waals surface area contributed by atoms with Crippen molar-refractivity contribution >= 4 is 5.97 Å². The summed E-state index contributed by atoms with van der Waals surface area (Å²) in [5.41, 5.74) is 0.0590. The van der Waals surface area contributed by atoms with Gasteiger partial charge in [-0.05, 0) is 0 Å². The number of carboxylic acids is 1. The Morgan fingerprint density at radius 3 is 2.79 bits per heavy atom. The summed E-state index contributed by atoms with van der Waals surface area (Å²) in [5, 5.41) is 8.73. The van der Waals surface area contributed by atoms with E-state index < -0.39 is 5.97 Å². The van der Waals surface area contributed by atoms with Gasteiger partial charge < -0.3 is 9.67 Å². The smallest absolute Gasteiger partial charge is 0.356 e. The van der Waals surface area contributed by atoms with Gasteiger partial charge in [-0.25, -0.2) is 9.78 Å². The van der Waals surface area contributed by atoms with Crippen molar-refractivity contribution < 1.29 is 9.90 Å². The number of imidazole rings is 1. The van der Waals surface area contributed by atoms with E-state index in [0.717, 1.165) is 0 Å². The molecule has 0 unspecified atom stereocenters. The molecule has 0 aliphatic rings. The molecule has 0 fully saturated rings. The highest BCUT2D eigenvalue weighted by Gasteiger charge is 2.10. The Labute approximate surface area is 82.2 Å². The molecule has 4 nitrogen and oxygen atoms in total. The molecule has 0 aliphatic carbocycles. The third kappa shape index (κ3) is 2.10. The molecule has 14 heavy (non-hydrogen) atoms. The second kappa shape index (κ2) is 4.41. The summed E-state index contributed by atoms with van der Waals surface area (Å²) in [6, 6.07) is 0. The van der Waals surface area contributed by atoms with E-state index in [1.54, 1.807) is 16.7 Å². The molecule has 74 valence electrons. The van der Waals surface area contributed by atoms with E-state index in [1.807, 2.05) is 0 Å². The Kier molecular flexibility index (Phi) is 3.23. The third-order valence-corrected chi connectivity index (χ3v) is 1.73. The average Bonchev–Trinajstić information content (AvgIpc) is 2.50. The third-order valence-electron chi connectivity index (χ3n) is 1.73. The first-order valence-corrected chi connectivity index (χ1v) is 4.20. The van der Waals surface area contributed by atoms with Crippen LogP contribution in [0, 0.1) is 0 Å². The standard InChI is InChI=1S/C10H12N2O2/c1-3-5-9-11-8(10(13)14)7-12(9)6-4-2/h3-4,7H,1-2,5-6H2,(H,13,14). The number of carboxylic acid groups (broad SMARTS) is 1. The summed E-state index contributed by atoms with van der Waals surface area (Å²) in [6.45, 7) is 7.73. The zero-order chi connectivity index (χ0) is 10.6. The van der Waals surface area contributed by atoms with Crippen molar-refractivity contribution in [3.63, 3.8) is 0 Å². The first-order valence-electron chi connectivity index (χ1n) is 4.20. The normalized spacial score (nSPS) is 9.71. The largest absolute Gasteiger partial charge is 0.476 e. The molecule has 4 heteroatoms. The van der Waals surface area contributed by atoms with Crippen molar-refractivity contribution in [2.45, 2.75) is 13.0 Å². The maximum absolute atomic E-state index is 10.6. The Morgan fingerprint density at radius 2 is 2.29 bits per heavy atom. The van der Waals surface area contributed by atoms with E-state index in [9.17, 15) is 4.79 Å². The van der Waals surface area contributed by atoms with Crippen LogP contribution in [-0.2, 0) is 13.0 Å². The number of allylic oxidation sites excluding steroid dienone is 2. The lowest BCUT2D eigenvalue weighted by Gasteiger charge is -2.00. The molecule has 0 spiro atoms. The number of hydrogen-bond acceptors (Lipinski definition) is 2. The highest BCUT2D eigenvalue weighted by Crippen LogP contribution is 2.05. The van der Waals surface area contributed by atoms with E-state index in [1.165, 1.54) is 6.20 Å². The predicted octanol–water partition coefficient (Wildman–Crippen LogP) is 1.50. The summed E-state index contributed by atoms with van der Waals surface area (Å²) in [5.74, 6) is -0.324. The minimum atomic E-state index is -1.02. The minimum Gasteiger partial charge on any atom is -0.476 e. The second-order valence-electron chi connectivity index (χ2n) is 2.78. The molecule has 1 rings (SSSR count). The fourth-order valence-corrected chi connectivity index (χ4v) is 1.15. The van der Waals surface area contributed by atoms with Gasteiger partial charge in [-0.2, -0.15) is 0 Å². The van der Waals surface area contributed by atoms with Crippen LogP contribution in [0.2, 0.25) is 0 Å². The van der Waals surface area contributed by atoms with E-state index >= 15 is 0 Å². The van der Waals surface area contributed by atoms with Crippen LogP contribution in [-0.4, -0.2) is 20.6 Å². The second-order valence-corrected chi connectivity index (χ2v) is 2.78. The van der Waals surface area contributed by atoms with Gasteiger partial charge in [-0.1, -0.05) is 12.2 Å². The van der Waals surface area contributed by atoms with Crippen LogP contribution < -0.4 is 0 Å². The lowest BCUT2D eigenvalue weighted by molar-refractivity contribution is 0.0691. The number of nitrogens with zero attached hydrogens (tertiary/aromatic N) is 2. The molecule has 0 amide bonds. The highest BCUT2D eigenvalue weighted by molar-refractivity contribution is 5.85. The molecule has 0 radical (unpaired) electrons. The van der Waals surface area contributed by atoms with Gasteiger partial charge in [-0.3, -0.25) is 0 Å². The van der Waals surface area contributed by atoms with Gasteiger partial charge in [0.25, 0.3) is 0 Å². The zero-order valence-electron chi connectivity index (χ0n) is 7.81. The quantitative estimate of drug-likeness (QED) is 0.719. The summed E-state index contributed by atoms with van der Waals surface area (Å²) >= 11 is 0. The van der Waals surface area contributed by atoms with Crippen LogP contribution in [0.5, 0.6) is 0 Å². The van der Waals surface area contributed by atoms with E-state index in [2.05, 4.69) is 18.1 Å². The molecule has 1 aromatic heterocycles. The number of hydrogen-bond donors (Lipinski definition) is 1. The first kappa shape index (κ1) is 10.2. The summed E-state index contributed by atoms with van der Waals surface area (Å²) in [6.07, 6.45) is 5.44. The first-order chi connectivity index (χ1) is 6.69. The fourth-order valence-electron chi connectivity index (χ4n) is 1.15. The van der Waals surface area contributed by atoms with Gasteiger partial charge >= 0.3 is 5.97 Å². The van der Waals surface area contributed by atoms with Crippen LogP contribution in [0.1, 0.15) is 16.3 Å². The summed E-state index contributed by atoms with van der Waals surface area (Å²) < 4.78 is 1.75. The Morgan fingerprint density at radius 1 is 1.57 bits per heavy atom. The van der Waals surface area contributed by atoms with Crippen molar-refractivity contribution in [1.29, 1.82) is 0 Å². The molecule has 0 atom stereocenters. The maximum Gasteiger partial charge on any atom is 0.356 e. The lowest BCUT2D eigenvalue weighted by Crippen LogP contribution is -1.99. The molecule has 1 heterocycles. The number of rotatable bonds is 5. The van der Waals surface area contributed by atoms with Crippen molar-refractivity contribution in [3.8, 4) is 0 Å². The van der Waals surface area contributed by atoms with Crippen LogP contribution in [0.15, 0.2) is 31.5 Å². The van der Waals surface area contributed by atoms with E-state index in [-0.39, 0.29) is 5.69 Å². The molecule has 0 saturated carbocycles. The Hall–Kier alpha value is -1.84. The predicted molar refractivity (Wildman–Crippen MR) is 53.3 cm³/mol. The Balaban J connectivity index is 3.04. The van der Waals surface area contributed by atoms with Gasteiger partial charge in [0.05, 0.1) is 0 Å². The van der Waals surface area contributed by atoms with Gasteiger partial charge in [-0.15, -0.1) is 13.2 Å². The SMILES string of the molecule is C=CCc1nc(C(=O)O)cn1CC=C. The van der Waals surface area contributed by atoms with E-state index in [4.69, 9.17) is 5.11 Å². The summed E-state index contributed by atoms with van der Waals surface area (Å²) in [7, 11) is 0. The van der Waals surface area contributed by atoms with Crippen LogP contribution in [0.4, 0.5) is 0 Å². The molecule has 1 N–H and O–H groups in total. The monoisotopic (exact) mass is 192 g/mol. The summed E-state index contributed by atoms with van der Waals surface area (Å²) in [4.78, 5) is 14.6. The molecular weight excluding hydrogens is 180 g/mol. The van der Waals surface area contributed by atoms with Gasteiger partial charge in [0.1, 0.15) is 5.82 Å². The van der Waals surface area contributed by atoms with Crippen molar-refractivity contribution in [1.82, 2.24) is 9.55 Å². The van der Waals surface area contributed by atoms with Crippen molar-refractivity contribution in [2.75, 3.05) is 0 Å². The fraction of sp³-hybridized carbons (Fsp3) is 0.200. The van der Waals surface area contributed by atoms with Crippen molar-refractivity contribution in [2.24, 2.45) is 0 Å². The molecule has 1 aromatic rings. The number of aromatic nitrogens is 2. The van der Waals surface area contributed by atoms with Gasteiger partial charge in [0, 0.05) is 19.2 Å². The molecule has 0 saturated heterocycles. The highest BCUT2D eigenvalue weighted by atomic mass is 16.4. The van der Waals surface area contributed by atoms with Crippen LogP contribution >= 0.6 is 0 Å². The minimum absolute atomic E-state index is 0.0590. The lowest BCUT2D eigenvalue weighted by atomic mass is 10.4. The van der Waals surface area contributed by atoms with E-state index in [0.29, 0.717) is 18.8 Å². The number of aromatic carboxylic acids is 1. The number of carbonyl (C=O) groups is 1. The van der Waals surface area contributed by atoms with Crippen molar-refractivity contribution in [3.05, 3.63) is 43.0 Å². The molecular formula is C10H12N2O2. The molecule has 0 bridgehead atoms. The topological polar surface area (TPSA) is 55.1 Å².